The molecule has 0 unspecified atom stereocenters. The Kier molecular flexibility index (Phi) is 5.60. The van der Waals surface area contributed by atoms with Gasteiger partial charge in [0.05, 0.1) is 18.1 Å². The summed E-state index contributed by atoms with van der Waals surface area (Å²) in [5.41, 5.74) is 0.896. The zero-order valence-electron chi connectivity index (χ0n) is 13.6. The van der Waals surface area contributed by atoms with Crippen molar-refractivity contribution in [2.75, 3.05) is 32.8 Å². The van der Waals surface area contributed by atoms with Gasteiger partial charge in [-0.2, -0.15) is 0 Å². The zero-order chi connectivity index (χ0) is 16.2. The lowest BCUT2D eigenvalue weighted by Crippen LogP contribution is -2.55. The highest BCUT2D eigenvalue weighted by atomic mass is 32.2. The van der Waals surface area contributed by atoms with Crippen LogP contribution in [-0.4, -0.2) is 51.7 Å². The first-order valence-electron chi connectivity index (χ1n) is 7.76. The van der Waals surface area contributed by atoms with Crippen LogP contribution >= 0.6 is 0 Å². The van der Waals surface area contributed by atoms with E-state index in [4.69, 9.17) is 4.74 Å². The molecule has 1 aliphatic heterocycles. The van der Waals surface area contributed by atoms with Crippen LogP contribution in [0.15, 0.2) is 29.2 Å². The van der Waals surface area contributed by atoms with E-state index in [1.54, 1.807) is 12.1 Å². The van der Waals surface area contributed by atoms with Crippen LogP contribution in [0.25, 0.3) is 0 Å². The molecule has 1 saturated heterocycles. The second kappa shape index (κ2) is 7.08. The quantitative estimate of drug-likeness (QED) is 0.863. The van der Waals surface area contributed by atoms with E-state index in [0.717, 1.165) is 25.1 Å². The highest BCUT2D eigenvalue weighted by Gasteiger charge is 2.29. The average Bonchev–Trinajstić information content (AvgIpc) is 2.54. The Labute approximate surface area is 133 Å². The largest absolute Gasteiger partial charge is 0.379 e. The van der Waals surface area contributed by atoms with Gasteiger partial charge in [-0.25, -0.2) is 13.1 Å². The van der Waals surface area contributed by atoms with Crippen molar-refractivity contribution >= 4 is 10.0 Å². The third-order valence-electron chi connectivity index (χ3n) is 4.20. The maximum Gasteiger partial charge on any atom is 0.240 e. The Bertz CT molecular complexity index is 576. The van der Waals surface area contributed by atoms with Crippen LogP contribution in [0.2, 0.25) is 0 Å². The first-order valence-corrected chi connectivity index (χ1v) is 9.25. The Balaban J connectivity index is 2.01. The number of ether oxygens (including phenoxy) is 1. The summed E-state index contributed by atoms with van der Waals surface area (Å²) < 4.78 is 32.9. The first-order chi connectivity index (χ1) is 10.3. The summed E-state index contributed by atoms with van der Waals surface area (Å²) >= 11 is 0. The molecule has 0 saturated carbocycles. The van der Waals surface area contributed by atoms with Gasteiger partial charge in [0.25, 0.3) is 0 Å². The minimum Gasteiger partial charge on any atom is -0.379 e. The number of benzene rings is 1. The van der Waals surface area contributed by atoms with Gasteiger partial charge >= 0.3 is 0 Å². The van der Waals surface area contributed by atoms with Gasteiger partial charge in [0, 0.05) is 25.2 Å². The van der Waals surface area contributed by atoms with Crippen molar-refractivity contribution in [1.82, 2.24) is 9.62 Å². The molecular weight excluding hydrogens is 300 g/mol. The smallest absolute Gasteiger partial charge is 0.240 e. The molecule has 1 aromatic carbocycles. The highest BCUT2D eigenvalue weighted by molar-refractivity contribution is 7.89. The summed E-state index contributed by atoms with van der Waals surface area (Å²) in [6.45, 7) is 9.61. The van der Waals surface area contributed by atoms with Gasteiger partial charge < -0.3 is 4.74 Å². The van der Waals surface area contributed by atoms with E-state index in [1.807, 2.05) is 19.1 Å². The molecule has 5 nitrogen and oxygen atoms in total. The van der Waals surface area contributed by atoms with Crippen molar-refractivity contribution < 1.29 is 13.2 Å². The van der Waals surface area contributed by atoms with Gasteiger partial charge in [-0.05, 0) is 38.0 Å². The fourth-order valence-electron chi connectivity index (χ4n) is 2.54. The second-order valence-electron chi connectivity index (χ2n) is 6.23. The molecule has 1 heterocycles. The third-order valence-corrected chi connectivity index (χ3v) is 5.62. The van der Waals surface area contributed by atoms with Crippen LogP contribution < -0.4 is 4.72 Å². The lowest BCUT2D eigenvalue weighted by atomic mass is 10.0. The van der Waals surface area contributed by atoms with Crippen molar-refractivity contribution in [1.29, 1.82) is 0 Å². The van der Waals surface area contributed by atoms with Crippen LogP contribution in [-0.2, 0) is 21.2 Å². The number of hydrogen-bond donors (Lipinski definition) is 1. The lowest BCUT2D eigenvalue weighted by molar-refractivity contribution is -0.00803. The van der Waals surface area contributed by atoms with E-state index >= 15 is 0 Å². The van der Waals surface area contributed by atoms with Gasteiger partial charge in [0.1, 0.15) is 0 Å². The summed E-state index contributed by atoms with van der Waals surface area (Å²) in [6, 6.07) is 7.06. The Morgan fingerprint density at radius 1 is 1.18 bits per heavy atom. The van der Waals surface area contributed by atoms with Gasteiger partial charge in [-0.15, -0.1) is 0 Å². The van der Waals surface area contributed by atoms with Crippen molar-refractivity contribution in [3.63, 3.8) is 0 Å². The predicted molar refractivity (Wildman–Crippen MR) is 87.5 cm³/mol. The predicted octanol–water partition coefficient (Wildman–Crippen LogP) is 1.64. The number of aryl methyl sites for hydroxylation is 1. The fraction of sp³-hybridized carbons (Fsp3) is 0.625. The molecule has 0 bridgehead atoms. The van der Waals surface area contributed by atoms with Crippen LogP contribution in [0, 0.1) is 0 Å². The van der Waals surface area contributed by atoms with Gasteiger partial charge in [-0.1, -0.05) is 19.1 Å². The van der Waals surface area contributed by atoms with Crippen LogP contribution in [0.5, 0.6) is 0 Å². The number of sulfonamides is 1. The molecule has 1 fully saturated rings. The van der Waals surface area contributed by atoms with Crippen molar-refractivity contribution in [2.45, 2.75) is 37.6 Å². The van der Waals surface area contributed by atoms with E-state index in [2.05, 4.69) is 23.5 Å². The summed E-state index contributed by atoms with van der Waals surface area (Å²) in [7, 11) is -3.47. The zero-order valence-corrected chi connectivity index (χ0v) is 14.4. The molecule has 0 atom stereocenters. The molecular formula is C16H26N2O3S. The van der Waals surface area contributed by atoms with Crippen molar-refractivity contribution in [3.05, 3.63) is 29.8 Å². The molecule has 6 heteroatoms. The number of morpholine rings is 1. The standard InChI is InChI=1S/C16H26N2O3S/c1-4-14-5-7-15(8-6-14)22(19,20)17-13-16(2,3)18-9-11-21-12-10-18/h5-8,17H,4,9-13H2,1-3H3. The summed E-state index contributed by atoms with van der Waals surface area (Å²) in [5, 5.41) is 0. The Morgan fingerprint density at radius 3 is 2.32 bits per heavy atom. The number of rotatable bonds is 6. The molecule has 124 valence electrons. The third kappa shape index (κ3) is 4.29. The minimum absolute atomic E-state index is 0.236. The number of hydrogen-bond acceptors (Lipinski definition) is 4. The average molecular weight is 326 g/mol. The lowest BCUT2D eigenvalue weighted by Gasteiger charge is -2.40. The molecule has 0 radical (unpaired) electrons. The monoisotopic (exact) mass is 326 g/mol. The molecule has 22 heavy (non-hydrogen) atoms. The SMILES string of the molecule is CCc1ccc(S(=O)(=O)NCC(C)(C)N2CCOCC2)cc1. The summed E-state index contributed by atoms with van der Waals surface area (Å²) in [6.07, 6.45) is 0.901. The molecule has 0 aromatic heterocycles. The van der Waals surface area contributed by atoms with Gasteiger partial charge in [0.15, 0.2) is 0 Å². The highest BCUT2D eigenvalue weighted by Crippen LogP contribution is 2.17. The molecule has 2 rings (SSSR count). The molecule has 1 aliphatic rings. The Hall–Kier alpha value is -0.950. The topological polar surface area (TPSA) is 58.6 Å². The van der Waals surface area contributed by atoms with Crippen LogP contribution in [0.4, 0.5) is 0 Å². The molecule has 1 N–H and O–H groups in total. The second-order valence-corrected chi connectivity index (χ2v) is 8.00. The van der Waals surface area contributed by atoms with E-state index < -0.39 is 10.0 Å². The summed E-state index contributed by atoms with van der Waals surface area (Å²) in [4.78, 5) is 2.58. The van der Waals surface area contributed by atoms with E-state index in [9.17, 15) is 8.42 Å². The van der Waals surface area contributed by atoms with Gasteiger partial charge in [0.2, 0.25) is 10.0 Å². The van der Waals surface area contributed by atoms with Crippen molar-refractivity contribution in [3.8, 4) is 0 Å². The molecule has 0 spiro atoms. The number of nitrogens with one attached hydrogen (secondary N) is 1. The van der Waals surface area contributed by atoms with Gasteiger partial charge in [-0.3, -0.25) is 4.90 Å². The molecule has 0 amide bonds. The number of nitrogens with zero attached hydrogens (tertiary/aromatic N) is 1. The maximum absolute atomic E-state index is 12.4. The van der Waals surface area contributed by atoms with E-state index in [-0.39, 0.29) is 5.54 Å². The molecule has 0 aliphatic carbocycles. The minimum atomic E-state index is -3.47. The van der Waals surface area contributed by atoms with Crippen LogP contribution in [0.1, 0.15) is 26.3 Å². The normalized spacial score (nSPS) is 17.6. The summed E-state index contributed by atoms with van der Waals surface area (Å²) in [5.74, 6) is 0. The first kappa shape index (κ1) is 17.4. The fourth-order valence-corrected chi connectivity index (χ4v) is 3.74. The van der Waals surface area contributed by atoms with E-state index in [0.29, 0.717) is 24.7 Å². The maximum atomic E-state index is 12.4. The van der Waals surface area contributed by atoms with Crippen LogP contribution in [0.3, 0.4) is 0 Å². The molecule has 1 aromatic rings. The van der Waals surface area contributed by atoms with E-state index in [1.165, 1.54) is 0 Å². The van der Waals surface area contributed by atoms with Crippen molar-refractivity contribution in [2.24, 2.45) is 0 Å². The Morgan fingerprint density at radius 2 is 1.77 bits per heavy atom.